The van der Waals surface area contributed by atoms with Crippen LogP contribution in [-0.4, -0.2) is 34.2 Å². The normalized spacial score (nSPS) is 11.3. The van der Waals surface area contributed by atoms with Gasteiger partial charge in [0, 0.05) is 31.2 Å². The number of rotatable bonds is 7. The Morgan fingerprint density at radius 1 is 1.11 bits per heavy atom. The van der Waals surface area contributed by atoms with Crippen LogP contribution in [0.5, 0.6) is 0 Å². The van der Waals surface area contributed by atoms with Crippen LogP contribution in [0.2, 0.25) is 0 Å². The molecule has 0 aromatic heterocycles. The minimum atomic E-state index is -3.84. The number of carbonyl (C=O) groups excluding carboxylic acids is 1. The van der Waals surface area contributed by atoms with Crippen molar-refractivity contribution in [1.29, 1.82) is 0 Å². The Hall–Kier alpha value is -2.03. The lowest BCUT2D eigenvalue weighted by Gasteiger charge is -2.18. The number of hydrogen-bond acceptors (Lipinski definition) is 5. The summed E-state index contributed by atoms with van der Waals surface area (Å²) in [5, 5.41) is 7.99. The van der Waals surface area contributed by atoms with Crippen molar-refractivity contribution in [2.75, 3.05) is 30.1 Å². The van der Waals surface area contributed by atoms with Crippen molar-refractivity contribution in [3.63, 3.8) is 0 Å². The molecule has 2 rings (SSSR count). The van der Waals surface area contributed by atoms with E-state index in [9.17, 15) is 13.2 Å². The second-order valence-corrected chi connectivity index (χ2v) is 9.24. The van der Waals surface area contributed by atoms with Gasteiger partial charge >= 0.3 is 0 Å². The van der Waals surface area contributed by atoms with Crippen LogP contribution in [-0.2, 0) is 14.8 Å². The lowest BCUT2D eigenvalue weighted by atomic mass is 10.1. The van der Waals surface area contributed by atoms with E-state index >= 15 is 0 Å². The SMILES string of the molecule is Cc1ccc(SCCC(=O)Nc2cc(S(N)(=O)=O)ccc2N(C)C)cc1C. The number of nitrogens with one attached hydrogen (secondary N) is 1. The highest BCUT2D eigenvalue weighted by atomic mass is 32.2. The van der Waals surface area contributed by atoms with Crippen LogP contribution >= 0.6 is 11.8 Å². The number of nitrogens with zero attached hydrogens (tertiary/aromatic N) is 1. The first kappa shape index (κ1) is 21.3. The molecule has 0 atom stereocenters. The van der Waals surface area contributed by atoms with Gasteiger partial charge in [-0.2, -0.15) is 0 Å². The van der Waals surface area contributed by atoms with E-state index in [-0.39, 0.29) is 10.8 Å². The van der Waals surface area contributed by atoms with Gasteiger partial charge in [-0.25, -0.2) is 13.6 Å². The van der Waals surface area contributed by atoms with Crippen molar-refractivity contribution in [3.8, 4) is 0 Å². The van der Waals surface area contributed by atoms with Crippen LogP contribution in [0.4, 0.5) is 11.4 Å². The van der Waals surface area contributed by atoms with Crippen LogP contribution in [0.1, 0.15) is 17.5 Å². The number of primary sulfonamides is 1. The van der Waals surface area contributed by atoms with Gasteiger partial charge in [-0.15, -0.1) is 11.8 Å². The molecule has 1 amide bonds. The first-order valence-electron chi connectivity index (χ1n) is 8.42. The summed E-state index contributed by atoms with van der Waals surface area (Å²) in [6.45, 7) is 4.13. The van der Waals surface area contributed by atoms with E-state index in [2.05, 4.69) is 31.3 Å². The van der Waals surface area contributed by atoms with Gasteiger partial charge in [0.1, 0.15) is 0 Å². The molecule has 0 saturated heterocycles. The van der Waals surface area contributed by atoms with Crippen molar-refractivity contribution in [2.45, 2.75) is 30.1 Å². The summed E-state index contributed by atoms with van der Waals surface area (Å²) in [7, 11) is -0.205. The Labute approximate surface area is 165 Å². The number of aryl methyl sites for hydroxylation is 2. The molecule has 0 saturated carbocycles. The second kappa shape index (κ2) is 8.77. The van der Waals surface area contributed by atoms with E-state index in [1.165, 1.54) is 23.3 Å². The van der Waals surface area contributed by atoms with E-state index in [4.69, 9.17) is 5.14 Å². The number of carbonyl (C=O) groups is 1. The van der Waals surface area contributed by atoms with Gasteiger partial charge < -0.3 is 10.2 Å². The van der Waals surface area contributed by atoms with Crippen LogP contribution in [0.15, 0.2) is 46.2 Å². The fraction of sp³-hybridized carbons (Fsp3) is 0.316. The molecule has 3 N–H and O–H groups in total. The fourth-order valence-electron chi connectivity index (χ4n) is 2.46. The highest BCUT2D eigenvalue weighted by Crippen LogP contribution is 2.28. The third-order valence-electron chi connectivity index (χ3n) is 4.13. The topological polar surface area (TPSA) is 92.5 Å². The molecule has 0 fully saturated rings. The number of nitrogens with two attached hydrogens (primary N) is 1. The summed E-state index contributed by atoms with van der Waals surface area (Å²) in [6, 6.07) is 10.7. The Morgan fingerprint density at radius 3 is 2.41 bits per heavy atom. The van der Waals surface area contributed by atoms with Crippen molar-refractivity contribution in [3.05, 3.63) is 47.5 Å². The van der Waals surface area contributed by atoms with E-state index in [1.54, 1.807) is 22.7 Å². The second-order valence-electron chi connectivity index (χ2n) is 6.51. The molecule has 8 heteroatoms. The van der Waals surface area contributed by atoms with Crippen LogP contribution in [0.3, 0.4) is 0 Å². The quantitative estimate of drug-likeness (QED) is 0.688. The summed E-state index contributed by atoms with van der Waals surface area (Å²) in [6.07, 6.45) is 0.310. The molecule has 6 nitrogen and oxygen atoms in total. The minimum Gasteiger partial charge on any atom is -0.376 e. The van der Waals surface area contributed by atoms with Crippen LogP contribution < -0.4 is 15.4 Å². The minimum absolute atomic E-state index is 0.0343. The molecule has 0 aliphatic carbocycles. The predicted molar refractivity (Wildman–Crippen MR) is 112 cm³/mol. The van der Waals surface area contributed by atoms with E-state index in [1.807, 2.05) is 20.2 Å². The summed E-state index contributed by atoms with van der Waals surface area (Å²) in [5.74, 6) is 0.446. The summed E-state index contributed by atoms with van der Waals surface area (Å²) in [4.78, 5) is 15.2. The highest BCUT2D eigenvalue weighted by Gasteiger charge is 2.14. The Bertz CT molecular complexity index is 941. The van der Waals surface area contributed by atoms with Crippen molar-refractivity contribution >= 4 is 39.1 Å². The molecule has 2 aromatic rings. The molecule has 0 aliphatic heterocycles. The maximum absolute atomic E-state index is 12.3. The number of benzene rings is 2. The third-order valence-corrected chi connectivity index (χ3v) is 6.04. The lowest BCUT2D eigenvalue weighted by molar-refractivity contribution is -0.115. The smallest absolute Gasteiger partial charge is 0.238 e. The first-order chi connectivity index (χ1) is 12.6. The molecular weight excluding hydrogens is 382 g/mol. The zero-order valence-electron chi connectivity index (χ0n) is 15.9. The molecule has 146 valence electrons. The van der Waals surface area contributed by atoms with Gasteiger partial charge in [0.05, 0.1) is 16.3 Å². The van der Waals surface area contributed by atoms with Gasteiger partial charge in [-0.05, 0) is 55.3 Å². The monoisotopic (exact) mass is 407 g/mol. The first-order valence-corrected chi connectivity index (χ1v) is 10.9. The summed E-state index contributed by atoms with van der Waals surface area (Å²) < 4.78 is 23.2. The van der Waals surface area contributed by atoms with Crippen molar-refractivity contribution in [2.24, 2.45) is 5.14 Å². The molecule has 0 spiro atoms. The maximum atomic E-state index is 12.3. The molecule has 0 unspecified atom stereocenters. The highest BCUT2D eigenvalue weighted by molar-refractivity contribution is 7.99. The fourth-order valence-corrected chi connectivity index (χ4v) is 3.95. The van der Waals surface area contributed by atoms with Crippen LogP contribution in [0.25, 0.3) is 0 Å². The molecule has 0 bridgehead atoms. The average molecular weight is 408 g/mol. The number of hydrogen-bond donors (Lipinski definition) is 2. The van der Waals surface area contributed by atoms with Gasteiger partial charge in [-0.3, -0.25) is 4.79 Å². The number of amides is 1. The molecule has 0 radical (unpaired) electrons. The van der Waals surface area contributed by atoms with E-state index in [0.717, 1.165) is 4.90 Å². The molecular formula is C19H25N3O3S2. The summed E-state index contributed by atoms with van der Waals surface area (Å²) in [5.41, 5.74) is 3.59. The van der Waals surface area contributed by atoms with Crippen LogP contribution in [0, 0.1) is 13.8 Å². The Kier molecular flexibility index (Phi) is 6.91. The van der Waals surface area contributed by atoms with E-state index < -0.39 is 10.0 Å². The van der Waals surface area contributed by atoms with Gasteiger partial charge in [0.25, 0.3) is 0 Å². The standard InChI is InChI=1S/C19H25N3O3S2/c1-13-5-6-15(11-14(13)2)26-10-9-19(23)21-17-12-16(27(20,24)25)7-8-18(17)22(3)4/h5-8,11-12H,9-10H2,1-4H3,(H,21,23)(H2,20,24,25). The van der Waals surface area contributed by atoms with Crippen molar-refractivity contribution in [1.82, 2.24) is 0 Å². The largest absolute Gasteiger partial charge is 0.376 e. The van der Waals surface area contributed by atoms with E-state index in [0.29, 0.717) is 23.5 Å². The molecule has 27 heavy (non-hydrogen) atoms. The number of anilines is 2. The Morgan fingerprint density at radius 2 is 1.81 bits per heavy atom. The molecule has 0 aliphatic rings. The average Bonchev–Trinajstić information content (AvgIpc) is 2.57. The third kappa shape index (κ3) is 5.98. The number of thioether (sulfide) groups is 1. The zero-order valence-corrected chi connectivity index (χ0v) is 17.6. The van der Waals surface area contributed by atoms with Gasteiger partial charge in [-0.1, -0.05) is 6.07 Å². The van der Waals surface area contributed by atoms with Gasteiger partial charge in [0.15, 0.2) is 0 Å². The predicted octanol–water partition coefficient (Wildman–Crippen LogP) is 3.14. The zero-order chi connectivity index (χ0) is 20.2. The molecule has 2 aromatic carbocycles. The Balaban J connectivity index is 2.04. The number of sulfonamides is 1. The molecule has 0 heterocycles. The summed E-state index contributed by atoms with van der Waals surface area (Å²) >= 11 is 1.61. The van der Waals surface area contributed by atoms with Crippen molar-refractivity contribution < 1.29 is 13.2 Å². The van der Waals surface area contributed by atoms with Gasteiger partial charge in [0.2, 0.25) is 15.9 Å². The maximum Gasteiger partial charge on any atom is 0.238 e. The lowest BCUT2D eigenvalue weighted by Crippen LogP contribution is -2.19.